The number of thiophene rings is 1. The summed E-state index contributed by atoms with van der Waals surface area (Å²) in [6.45, 7) is 1.10. The second-order valence-electron chi connectivity index (χ2n) is 6.89. The Kier molecular flexibility index (Phi) is 6.87. The molecule has 1 aliphatic rings. The van der Waals surface area contributed by atoms with Gasteiger partial charge in [0.2, 0.25) is 0 Å². The molecule has 1 saturated heterocycles. The molecule has 12 heteroatoms. The van der Waals surface area contributed by atoms with E-state index in [1.807, 2.05) is 0 Å². The van der Waals surface area contributed by atoms with Crippen molar-refractivity contribution in [1.29, 1.82) is 0 Å². The Bertz CT molecular complexity index is 1280. The van der Waals surface area contributed by atoms with Crippen molar-refractivity contribution in [3.8, 4) is 0 Å². The molecule has 3 aromatic rings. The third kappa shape index (κ3) is 4.35. The molecule has 4 rings (SSSR count). The molecule has 166 valence electrons. The van der Waals surface area contributed by atoms with Gasteiger partial charge in [-0.1, -0.05) is 40.6 Å². The van der Waals surface area contributed by atoms with E-state index in [4.69, 9.17) is 27.9 Å². The fraction of sp³-hybridized carbons (Fsp3) is 0.368. The monoisotopic (exact) mass is 519 g/mol. The summed E-state index contributed by atoms with van der Waals surface area (Å²) in [5.74, 6) is -0.498. The van der Waals surface area contributed by atoms with Gasteiger partial charge in [0.25, 0.3) is 15.9 Å². The number of hydrogen-bond donors (Lipinski definition) is 0. The molecule has 3 heterocycles. The van der Waals surface area contributed by atoms with E-state index >= 15 is 0 Å². The lowest BCUT2D eigenvalue weighted by molar-refractivity contribution is -0.121. The Labute approximate surface area is 197 Å². The molecule has 0 aliphatic carbocycles. The normalized spacial score (nSPS) is 18.3. The predicted octanol–water partition coefficient (Wildman–Crippen LogP) is 4.00. The van der Waals surface area contributed by atoms with Crippen molar-refractivity contribution in [2.75, 3.05) is 20.3 Å². The predicted molar refractivity (Wildman–Crippen MR) is 124 cm³/mol. The van der Waals surface area contributed by atoms with Gasteiger partial charge in [0.1, 0.15) is 10.3 Å². The molecule has 1 aromatic carbocycles. The fourth-order valence-electron chi connectivity index (χ4n) is 3.56. The molecule has 1 fully saturated rings. The van der Waals surface area contributed by atoms with Gasteiger partial charge in [-0.25, -0.2) is 8.42 Å². The van der Waals surface area contributed by atoms with Crippen LogP contribution in [0.2, 0.25) is 10.0 Å². The van der Waals surface area contributed by atoms with Crippen molar-refractivity contribution in [2.24, 2.45) is 4.99 Å². The van der Waals surface area contributed by atoms with Gasteiger partial charge in [-0.3, -0.25) is 4.79 Å². The van der Waals surface area contributed by atoms with Gasteiger partial charge >= 0.3 is 0 Å². The van der Waals surface area contributed by atoms with Gasteiger partial charge in [0.05, 0.1) is 26.9 Å². The molecule has 0 radical (unpaired) electrons. The zero-order chi connectivity index (χ0) is 22.2. The largest absolute Gasteiger partial charge is 0.383 e. The topological polar surface area (TPSA) is 81.0 Å². The number of methoxy groups -OCH3 is 1. The zero-order valence-corrected chi connectivity index (χ0v) is 20.4. The third-order valence-corrected chi connectivity index (χ3v) is 10.1. The molecule has 0 spiro atoms. The van der Waals surface area contributed by atoms with Crippen LogP contribution in [0.5, 0.6) is 0 Å². The van der Waals surface area contributed by atoms with Crippen LogP contribution in [0.15, 0.2) is 38.8 Å². The van der Waals surface area contributed by atoms with Crippen molar-refractivity contribution >= 4 is 72.0 Å². The molecule has 1 amide bonds. The van der Waals surface area contributed by atoms with E-state index in [0.29, 0.717) is 57.6 Å². The number of aromatic nitrogens is 1. The average molecular weight is 520 g/mol. The van der Waals surface area contributed by atoms with Crippen LogP contribution in [0, 0.1) is 0 Å². The third-order valence-electron chi connectivity index (χ3n) is 5.00. The standard InChI is InChI=1S/C19H19Cl2N3O4S3/c1-28-10-9-23-16-12(20)6-7-13(21)17(16)30-19(23)22-18(25)14-4-2-8-24(14)31(26,27)15-5-3-11-29-15/h3,5-7,11,14H,2,4,8-10H2,1H3. The number of rotatable bonds is 6. The minimum absolute atomic E-state index is 0.225. The summed E-state index contributed by atoms with van der Waals surface area (Å²) in [7, 11) is -2.16. The number of carbonyl (C=O) groups excluding carboxylic acids is 1. The van der Waals surface area contributed by atoms with Crippen LogP contribution < -0.4 is 4.80 Å². The van der Waals surface area contributed by atoms with Crippen molar-refractivity contribution in [3.05, 3.63) is 44.5 Å². The van der Waals surface area contributed by atoms with Crippen LogP contribution in [-0.4, -0.2) is 49.5 Å². The van der Waals surface area contributed by atoms with E-state index in [9.17, 15) is 13.2 Å². The molecule has 0 bridgehead atoms. The molecule has 31 heavy (non-hydrogen) atoms. The number of benzene rings is 1. The van der Waals surface area contributed by atoms with Crippen LogP contribution in [0.25, 0.3) is 10.2 Å². The molecular formula is C19H19Cl2N3O4S3. The quantitative estimate of drug-likeness (QED) is 0.492. The minimum atomic E-state index is -3.74. The fourth-order valence-corrected chi connectivity index (χ4v) is 8.00. The molecule has 1 unspecified atom stereocenters. The molecule has 0 N–H and O–H groups in total. The minimum Gasteiger partial charge on any atom is -0.383 e. The summed E-state index contributed by atoms with van der Waals surface area (Å²) in [4.78, 5) is 17.9. The van der Waals surface area contributed by atoms with Crippen LogP contribution in [0.3, 0.4) is 0 Å². The Balaban J connectivity index is 1.77. The summed E-state index contributed by atoms with van der Waals surface area (Å²) >= 11 is 15.1. The summed E-state index contributed by atoms with van der Waals surface area (Å²) in [6, 6.07) is 5.78. The number of fused-ring (bicyclic) bond motifs is 1. The van der Waals surface area contributed by atoms with Crippen molar-refractivity contribution in [1.82, 2.24) is 8.87 Å². The van der Waals surface area contributed by atoms with Gasteiger partial charge in [0.15, 0.2) is 4.80 Å². The van der Waals surface area contributed by atoms with E-state index in [0.717, 1.165) is 11.3 Å². The first-order valence-electron chi connectivity index (χ1n) is 9.45. The van der Waals surface area contributed by atoms with Crippen LogP contribution in [0.1, 0.15) is 12.8 Å². The van der Waals surface area contributed by atoms with Crippen LogP contribution in [-0.2, 0) is 26.1 Å². The van der Waals surface area contributed by atoms with Gasteiger partial charge in [-0.15, -0.1) is 11.3 Å². The highest BCUT2D eigenvalue weighted by molar-refractivity contribution is 7.91. The lowest BCUT2D eigenvalue weighted by atomic mass is 10.2. The van der Waals surface area contributed by atoms with Crippen molar-refractivity contribution in [3.63, 3.8) is 0 Å². The summed E-state index contributed by atoms with van der Waals surface area (Å²) in [5, 5.41) is 2.70. The summed E-state index contributed by atoms with van der Waals surface area (Å²) in [6.07, 6.45) is 1.03. The highest BCUT2D eigenvalue weighted by Gasteiger charge is 2.40. The number of sulfonamides is 1. The Morgan fingerprint density at radius 3 is 2.77 bits per heavy atom. The lowest BCUT2D eigenvalue weighted by Gasteiger charge is -2.20. The first kappa shape index (κ1) is 22.9. The second kappa shape index (κ2) is 9.30. The van der Waals surface area contributed by atoms with Gasteiger partial charge < -0.3 is 9.30 Å². The average Bonchev–Trinajstić information content (AvgIpc) is 3.49. The Morgan fingerprint density at radius 1 is 1.29 bits per heavy atom. The van der Waals surface area contributed by atoms with Gasteiger partial charge in [0, 0.05) is 20.2 Å². The van der Waals surface area contributed by atoms with Gasteiger partial charge in [-0.05, 0) is 36.4 Å². The van der Waals surface area contributed by atoms with Gasteiger partial charge in [-0.2, -0.15) is 9.30 Å². The first-order valence-corrected chi connectivity index (χ1v) is 13.3. The number of carbonyl (C=O) groups is 1. The summed E-state index contributed by atoms with van der Waals surface area (Å²) < 4.78 is 35.2. The molecule has 7 nitrogen and oxygen atoms in total. The van der Waals surface area contributed by atoms with E-state index in [1.54, 1.807) is 41.3 Å². The van der Waals surface area contributed by atoms with E-state index in [2.05, 4.69) is 4.99 Å². The summed E-state index contributed by atoms with van der Waals surface area (Å²) in [5.41, 5.74) is 0.678. The van der Waals surface area contributed by atoms with Crippen LogP contribution in [0.4, 0.5) is 0 Å². The number of nitrogens with zero attached hydrogens (tertiary/aromatic N) is 3. The molecule has 2 aromatic heterocycles. The lowest BCUT2D eigenvalue weighted by Crippen LogP contribution is -2.40. The van der Waals surface area contributed by atoms with E-state index < -0.39 is 22.0 Å². The number of thiazole rings is 1. The Morgan fingerprint density at radius 2 is 2.06 bits per heavy atom. The highest BCUT2D eigenvalue weighted by Crippen LogP contribution is 2.32. The number of ether oxygens (including phenoxy) is 1. The molecule has 0 saturated carbocycles. The first-order chi connectivity index (χ1) is 14.8. The second-order valence-corrected chi connectivity index (χ2v) is 11.7. The maximum Gasteiger partial charge on any atom is 0.266 e. The molecular weight excluding hydrogens is 501 g/mol. The maximum atomic E-state index is 13.1. The SMILES string of the molecule is COCCn1c(=NC(=O)C2CCCN2S(=O)(=O)c2cccs2)sc2c(Cl)ccc(Cl)c21. The zero-order valence-electron chi connectivity index (χ0n) is 16.5. The highest BCUT2D eigenvalue weighted by atomic mass is 35.5. The number of halogens is 2. The number of hydrogen-bond acceptors (Lipinski definition) is 6. The van der Waals surface area contributed by atoms with E-state index in [-0.39, 0.29) is 4.21 Å². The smallest absolute Gasteiger partial charge is 0.266 e. The number of amides is 1. The van der Waals surface area contributed by atoms with Crippen molar-refractivity contribution in [2.45, 2.75) is 29.6 Å². The molecule has 1 atom stereocenters. The maximum absolute atomic E-state index is 13.1. The van der Waals surface area contributed by atoms with E-state index in [1.165, 1.54) is 15.6 Å². The molecule has 1 aliphatic heterocycles. The Hall–Kier alpha value is -1.27. The van der Waals surface area contributed by atoms with Crippen LogP contribution >= 0.6 is 45.9 Å². The van der Waals surface area contributed by atoms with Crippen molar-refractivity contribution < 1.29 is 17.9 Å².